The molecule has 0 saturated heterocycles. The molecule has 0 radical (unpaired) electrons. The summed E-state index contributed by atoms with van der Waals surface area (Å²) in [5, 5.41) is 8.93. The molecule has 0 unspecified atom stereocenters. The summed E-state index contributed by atoms with van der Waals surface area (Å²) < 4.78 is 17.8. The Morgan fingerprint density at radius 3 is 2.89 bits per heavy atom. The SMILES string of the molecule is COCCCn1nc(-c2cocn2)c2c1CCN(Cc1c(C)noc1C)C2. The molecule has 0 spiro atoms. The molecule has 0 saturated carbocycles. The number of oxazole rings is 1. The van der Waals surface area contributed by atoms with Crippen LogP contribution >= 0.6 is 0 Å². The lowest BCUT2D eigenvalue weighted by Gasteiger charge is -2.27. The molecule has 4 heterocycles. The average molecular weight is 371 g/mol. The molecule has 3 aromatic rings. The first-order valence-corrected chi connectivity index (χ1v) is 9.27. The Labute approximate surface area is 158 Å². The summed E-state index contributed by atoms with van der Waals surface area (Å²) >= 11 is 0. The fourth-order valence-electron chi connectivity index (χ4n) is 3.71. The van der Waals surface area contributed by atoms with E-state index < -0.39 is 0 Å². The van der Waals surface area contributed by atoms with E-state index in [2.05, 4.69) is 19.7 Å². The molecule has 3 aromatic heterocycles. The summed E-state index contributed by atoms with van der Waals surface area (Å²) in [7, 11) is 1.73. The van der Waals surface area contributed by atoms with Crippen LogP contribution in [0.15, 0.2) is 21.6 Å². The maximum atomic E-state index is 5.32. The quantitative estimate of drug-likeness (QED) is 0.591. The van der Waals surface area contributed by atoms with Crippen molar-refractivity contribution in [2.24, 2.45) is 0 Å². The van der Waals surface area contributed by atoms with Crippen LogP contribution in [0.2, 0.25) is 0 Å². The molecule has 0 aliphatic carbocycles. The molecule has 4 rings (SSSR count). The van der Waals surface area contributed by atoms with Crippen LogP contribution < -0.4 is 0 Å². The van der Waals surface area contributed by atoms with Gasteiger partial charge in [0.25, 0.3) is 0 Å². The number of hydrogen-bond acceptors (Lipinski definition) is 7. The molecule has 1 aliphatic heterocycles. The van der Waals surface area contributed by atoms with Gasteiger partial charge >= 0.3 is 0 Å². The first-order valence-electron chi connectivity index (χ1n) is 9.27. The average Bonchev–Trinajstić information content (AvgIpc) is 3.38. The van der Waals surface area contributed by atoms with Crippen molar-refractivity contribution in [3.63, 3.8) is 0 Å². The predicted molar refractivity (Wildman–Crippen MR) is 98.0 cm³/mol. The van der Waals surface area contributed by atoms with Crippen molar-refractivity contribution >= 4 is 0 Å². The van der Waals surface area contributed by atoms with Crippen molar-refractivity contribution in [1.82, 2.24) is 24.8 Å². The molecule has 0 aromatic carbocycles. The third kappa shape index (κ3) is 3.54. The Hall–Kier alpha value is -2.45. The lowest BCUT2D eigenvalue weighted by Crippen LogP contribution is -2.31. The highest BCUT2D eigenvalue weighted by atomic mass is 16.5. The van der Waals surface area contributed by atoms with Gasteiger partial charge in [-0.1, -0.05) is 5.16 Å². The summed E-state index contributed by atoms with van der Waals surface area (Å²) in [4.78, 5) is 6.74. The number of hydrogen-bond donors (Lipinski definition) is 0. The van der Waals surface area contributed by atoms with Crippen molar-refractivity contribution in [1.29, 1.82) is 0 Å². The van der Waals surface area contributed by atoms with E-state index in [1.54, 1.807) is 13.4 Å². The van der Waals surface area contributed by atoms with Gasteiger partial charge in [-0.3, -0.25) is 9.58 Å². The van der Waals surface area contributed by atoms with Gasteiger partial charge in [0.05, 0.1) is 5.69 Å². The smallest absolute Gasteiger partial charge is 0.181 e. The van der Waals surface area contributed by atoms with Gasteiger partial charge in [-0.15, -0.1) is 0 Å². The standard InChI is InChI=1S/C19H25N5O3/c1-13-15(14(2)27-22-13)9-23-7-5-18-16(10-23)19(17-11-26-12-20-17)21-24(18)6-4-8-25-3/h11-12H,4-10H2,1-3H3. The molecule has 8 nitrogen and oxygen atoms in total. The number of fused-ring (bicyclic) bond motifs is 1. The number of methoxy groups -OCH3 is 1. The maximum Gasteiger partial charge on any atom is 0.181 e. The van der Waals surface area contributed by atoms with E-state index in [1.165, 1.54) is 23.2 Å². The lowest BCUT2D eigenvalue weighted by molar-refractivity contribution is 0.188. The highest BCUT2D eigenvalue weighted by Gasteiger charge is 2.27. The molecule has 0 fully saturated rings. The zero-order chi connectivity index (χ0) is 18.8. The van der Waals surface area contributed by atoms with Crippen LogP contribution in [0.4, 0.5) is 0 Å². The van der Waals surface area contributed by atoms with Crippen LogP contribution in [0, 0.1) is 13.8 Å². The van der Waals surface area contributed by atoms with E-state index in [4.69, 9.17) is 18.8 Å². The Bertz CT molecular complexity index is 877. The molecule has 0 amide bonds. The van der Waals surface area contributed by atoms with Gasteiger partial charge < -0.3 is 13.7 Å². The van der Waals surface area contributed by atoms with Gasteiger partial charge in [0, 0.05) is 63.1 Å². The maximum absolute atomic E-state index is 5.32. The van der Waals surface area contributed by atoms with Gasteiger partial charge in [0.1, 0.15) is 23.4 Å². The summed E-state index contributed by atoms with van der Waals surface area (Å²) in [5.74, 6) is 0.894. The molecule has 0 atom stereocenters. The molecule has 27 heavy (non-hydrogen) atoms. The van der Waals surface area contributed by atoms with E-state index in [9.17, 15) is 0 Å². The molecular formula is C19H25N5O3. The van der Waals surface area contributed by atoms with Crippen LogP contribution in [0.5, 0.6) is 0 Å². The van der Waals surface area contributed by atoms with Gasteiger partial charge in [-0.2, -0.15) is 5.10 Å². The van der Waals surface area contributed by atoms with Gasteiger partial charge in [-0.05, 0) is 20.3 Å². The van der Waals surface area contributed by atoms with E-state index >= 15 is 0 Å². The molecule has 1 aliphatic rings. The minimum Gasteiger partial charge on any atom is -0.451 e. The van der Waals surface area contributed by atoms with E-state index in [0.29, 0.717) is 0 Å². The van der Waals surface area contributed by atoms with E-state index in [-0.39, 0.29) is 0 Å². The second-order valence-electron chi connectivity index (χ2n) is 6.98. The van der Waals surface area contributed by atoms with Crippen LogP contribution in [-0.4, -0.2) is 45.1 Å². The fraction of sp³-hybridized carbons (Fsp3) is 0.526. The number of rotatable bonds is 7. The fourth-order valence-corrected chi connectivity index (χ4v) is 3.71. The lowest BCUT2D eigenvalue weighted by atomic mass is 10.0. The highest BCUT2D eigenvalue weighted by Crippen LogP contribution is 2.30. The summed E-state index contributed by atoms with van der Waals surface area (Å²) in [6, 6.07) is 0. The second-order valence-corrected chi connectivity index (χ2v) is 6.98. The molecular weight excluding hydrogens is 346 g/mol. The number of aromatic nitrogens is 4. The Morgan fingerprint density at radius 2 is 2.19 bits per heavy atom. The first-order chi connectivity index (χ1) is 13.2. The molecule has 8 heteroatoms. The highest BCUT2D eigenvalue weighted by molar-refractivity contribution is 5.59. The van der Waals surface area contributed by atoms with E-state index in [0.717, 1.165) is 68.5 Å². The van der Waals surface area contributed by atoms with Gasteiger partial charge in [0.15, 0.2) is 6.39 Å². The summed E-state index contributed by atoms with van der Waals surface area (Å²) in [6.45, 7) is 8.17. The number of ether oxygens (including phenoxy) is 1. The largest absolute Gasteiger partial charge is 0.451 e. The monoisotopic (exact) mass is 371 g/mol. The Kier molecular flexibility index (Phi) is 5.09. The van der Waals surface area contributed by atoms with Crippen LogP contribution in [0.3, 0.4) is 0 Å². The molecule has 144 valence electrons. The Morgan fingerprint density at radius 1 is 1.30 bits per heavy atom. The second kappa shape index (κ2) is 7.66. The predicted octanol–water partition coefficient (Wildman–Crippen LogP) is 2.74. The van der Waals surface area contributed by atoms with Crippen molar-refractivity contribution in [3.05, 3.63) is 40.9 Å². The van der Waals surface area contributed by atoms with Crippen molar-refractivity contribution < 1.29 is 13.7 Å². The number of aryl methyl sites for hydroxylation is 3. The zero-order valence-corrected chi connectivity index (χ0v) is 16.1. The zero-order valence-electron chi connectivity index (χ0n) is 16.1. The topological polar surface area (TPSA) is 82.4 Å². The van der Waals surface area contributed by atoms with Crippen molar-refractivity contribution in [3.8, 4) is 11.4 Å². The van der Waals surface area contributed by atoms with Crippen molar-refractivity contribution in [2.45, 2.75) is 46.3 Å². The van der Waals surface area contributed by atoms with E-state index in [1.807, 2.05) is 13.8 Å². The summed E-state index contributed by atoms with van der Waals surface area (Å²) in [5.41, 5.74) is 6.37. The van der Waals surface area contributed by atoms with Crippen LogP contribution in [0.25, 0.3) is 11.4 Å². The molecule has 0 bridgehead atoms. The van der Waals surface area contributed by atoms with Crippen LogP contribution in [-0.2, 0) is 30.8 Å². The number of nitrogens with zero attached hydrogens (tertiary/aromatic N) is 5. The van der Waals surface area contributed by atoms with Crippen molar-refractivity contribution in [2.75, 3.05) is 20.3 Å². The normalized spacial score (nSPS) is 14.6. The van der Waals surface area contributed by atoms with Crippen LogP contribution in [0.1, 0.15) is 34.7 Å². The molecule has 0 N–H and O–H groups in total. The van der Waals surface area contributed by atoms with Gasteiger partial charge in [-0.25, -0.2) is 4.98 Å². The summed E-state index contributed by atoms with van der Waals surface area (Å²) in [6.07, 6.45) is 5.01. The Balaban J connectivity index is 1.61. The van der Waals surface area contributed by atoms with Gasteiger partial charge in [0.2, 0.25) is 0 Å². The minimum absolute atomic E-state index is 0.728. The third-order valence-electron chi connectivity index (χ3n) is 5.17. The first kappa shape index (κ1) is 17.9. The third-order valence-corrected chi connectivity index (χ3v) is 5.17. The minimum atomic E-state index is 0.728.